The van der Waals surface area contributed by atoms with E-state index in [0.717, 1.165) is 0 Å². The number of carboxylic acids is 2. The second-order valence-electron chi connectivity index (χ2n) is 1.75. The molecule has 12 heavy (non-hydrogen) atoms. The summed E-state index contributed by atoms with van der Waals surface area (Å²) in [6, 6.07) is 0. The lowest BCUT2D eigenvalue weighted by molar-refractivity contribution is -0.138. The molecule has 0 aromatic heterocycles. The van der Waals surface area contributed by atoms with Gasteiger partial charge in [0, 0.05) is 12.8 Å². The molecule has 0 saturated carbocycles. The van der Waals surface area contributed by atoms with Gasteiger partial charge in [-0.3, -0.25) is 14.4 Å². The van der Waals surface area contributed by atoms with Gasteiger partial charge < -0.3 is 15.3 Å². The lowest BCUT2D eigenvalue weighted by Gasteiger charge is -1.89. The van der Waals surface area contributed by atoms with Crippen LogP contribution in [0.15, 0.2) is 0 Å². The summed E-state index contributed by atoms with van der Waals surface area (Å²) in [7, 11) is 0. The van der Waals surface area contributed by atoms with Crippen LogP contribution in [0.3, 0.4) is 0 Å². The first kappa shape index (κ1) is 13.0. The Morgan fingerprint density at radius 1 is 1.08 bits per heavy atom. The van der Waals surface area contributed by atoms with Crippen LogP contribution in [0.5, 0.6) is 0 Å². The molecule has 0 radical (unpaired) electrons. The van der Waals surface area contributed by atoms with Gasteiger partial charge >= 0.3 is 11.9 Å². The maximum absolute atomic E-state index is 9.79. The SMILES string of the molecule is O=C(O)CCCC(=O)O.O=CO. The summed E-state index contributed by atoms with van der Waals surface area (Å²) in [5, 5.41) is 23.0. The van der Waals surface area contributed by atoms with Gasteiger partial charge in [-0.05, 0) is 6.42 Å². The minimum absolute atomic E-state index is 0.0632. The van der Waals surface area contributed by atoms with Gasteiger partial charge in [0.15, 0.2) is 0 Å². The number of carboxylic acid groups (broad SMARTS) is 3. The third-order valence-electron chi connectivity index (χ3n) is 0.781. The molecule has 70 valence electrons. The minimum atomic E-state index is -0.948. The van der Waals surface area contributed by atoms with Gasteiger partial charge in [-0.25, -0.2) is 0 Å². The Balaban J connectivity index is 0. The van der Waals surface area contributed by atoms with Gasteiger partial charge in [-0.1, -0.05) is 0 Å². The summed E-state index contributed by atoms with van der Waals surface area (Å²) < 4.78 is 0. The topological polar surface area (TPSA) is 112 Å². The fraction of sp³-hybridized carbons (Fsp3) is 0.500. The van der Waals surface area contributed by atoms with Crippen LogP contribution >= 0.6 is 0 Å². The first-order chi connectivity index (χ1) is 5.54. The van der Waals surface area contributed by atoms with Crippen LogP contribution in [0.4, 0.5) is 0 Å². The van der Waals surface area contributed by atoms with Crippen molar-refractivity contribution < 1.29 is 29.7 Å². The standard InChI is InChI=1S/C5H8O4.CH2O2/c6-4(7)2-1-3-5(8)9;2-1-3/h1-3H2,(H,6,7)(H,8,9);1H,(H,2,3). The minimum Gasteiger partial charge on any atom is -0.483 e. The molecule has 6 heteroatoms. The van der Waals surface area contributed by atoms with Crippen LogP contribution in [0.2, 0.25) is 0 Å². The summed E-state index contributed by atoms with van der Waals surface area (Å²) in [4.78, 5) is 27.9. The summed E-state index contributed by atoms with van der Waals surface area (Å²) in [6.07, 6.45) is 0.0866. The van der Waals surface area contributed by atoms with Crippen molar-refractivity contribution in [3.8, 4) is 0 Å². The van der Waals surface area contributed by atoms with E-state index in [1.165, 1.54) is 0 Å². The zero-order valence-corrected chi connectivity index (χ0v) is 6.27. The van der Waals surface area contributed by atoms with Crippen molar-refractivity contribution in [2.75, 3.05) is 0 Å². The van der Waals surface area contributed by atoms with Gasteiger partial charge in [0.05, 0.1) is 0 Å². The van der Waals surface area contributed by atoms with E-state index >= 15 is 0 Å². The van der Waals surface area contributed by atoms with Gasteiger partial charge in [0.1, 0.15) is 0 Å². The Hall–Kier alpha value is -1.59. The molecule has 6 nitrogen and oxygen atoms in total. The Bertz CT molecular complexity index is 138. The zero-order chi connectivity index (χ0) is 9.98. The molecule has 0 amide bonds. The average molecular weight is 178 g/mol. The van der Waals surface area contributed by atoms with Gasteiger partial charge in [-0.2, -0.15) is 0 Å². The molecule has 0 atom stereocenters. The number of hydrogen-bond donors (Lipinski definition) is 3. The van der Waals surface area contributed by atoms with Gasteiger partial charge in [-0.15, -0.1) is 0 Å². The van der Waals surface area contributed by atoms with Gasteiger partial charge in [0.25, 0.3) is 6.47 Å². The highest BCUT2D eigenvalue weighted by molar-refractivity contribution is 5.69. The van der Waals surface area contributed by atoms with Crippen molar-refractivity contribution in [2.24, 2.45) is 0 Å². The maximum atomic E-state index is 9.79. The second-order valence-corrected chi connectivity index (χ2v) is 1.75. The lowest BCUT2D eigenvalue weighted by atomic mass is 10.2. The molecule has 0 aromatic carbocycles. The van der Waals surface area contributed by atoms with Crippen molar-refractivity contribution >= 4 is 18.4 Å². The fourth-order valence-electron chi connectivity index (χ4n) is 0.391. The van der Waals surface area contributed by atoms with Crippen molar-refractivity contribution in [3.63, 3.8) is 0 Å². The van der Waals surface area contributed by atoms with E-state index in [4.69, 9.17) is 20.1 Å². The quantitative estimate of drug-likeness (QED) is 0.523. The molecule has 0 rings (SSSR count). The van der Waals surface area contributed by atoms with E-state index in [1.54, 1.807) is 0 Å². The molecule has 0 aromatic rings. The van der Waals surface area contributed by atoms with E-state index < -0.39 is 11.9 Å². The molecular weight excluding hydrogens is 168 g/mol. The number of rotatable bonds is 4. The Morgan fingerprint density at radius 2 is 1.33 bits per heavy atom. The molecule has 0 bridgehead atoms. The van der Waals surface area contributed by atoms with E-state index in [0.29, 0.717) is 0 Å². The fourth-order valence-corrected chi connectivity index (χ4v) is 0.391. The summed E-state index contributed by atoms with van der Waals surface area (Å²) >= 11 is 0. The van der Waals surface area contributed by atoms with Crippen LogP contribution in [-0.4, -0.2) is 33.7 Å². The van der Waals surface area contributed by atoms with Crippen LogP contribution in [0.1, 0.15) is 19.3 Å². The predicted octanol–water partition coefficient (Wildman–Crippen LogP) is 0.0267. The van der Waals surface area contributed by atoms with Crippen LogP contribution in [-0.2, 0) is 14.4 Å². The predicted molar refractivity (Wildman–Crippen MR) is 37.8 cm³/mol. The molecule has 0 aliphatic heterocycles. The first-order valence-electron chi connectivity index (χ1n) is 3.06. The lowest BCUT2D eigenvalue weighted by Crippen LogP contribution is -1.98. The van der Waals surface area contributed by atoms with Crippen molar-refractivity contribution in [2.45, 2.75) is 19.3 Å². The normalized spacial score (nSPS) is 7.67. The van der Waals surface area contributed by atoms with Crippen LogP contribution < -0.4 is 0 Å². The van der Waals surface area contributed by atoms with Crippen molar-refractivity contribution in [1.29, 1.82) is 0 Å². The molecule has 0 aliphatic rings. The number of carbonyl (C=O) groups is 3. The molecule has 0 spiro atoms. The highest BCUT2D eigenvalue weighted by atomic mass is 16.4. The highest BCUT2D eigenvalue weighted by Crippen LogP contribution is 1.93. The number of hydrogen-bond acceptors (Lipinski definition) is 3. The van der Waals surface area contributed by atoms with Crippen LogP contribution in [0.25, 0.3) is 0 Å². The van der Waals surface area contributed by atoms with Crippen molar-refractivity contribution in [3.05, 3.63) is 0 Å². The maximum Gasteiger partial charge on any atom is 0.303 e. The molecule has 0 heterocycles. The molecule has 0 aliphatic carbocycles. The van der Waals surface area contributed by atoms with Crippen molar-refractivity contribution in [1.82, 2.24) is 0 Å². The summed E-state index contributed by atoms with van der Waals surface area (Å²) in [5.41, 5.74) is 0. The Morgan fingerprint density at radius 3 is 1.50 bits per heavy atom. The van der Waals surface area contributed by atoms with E-state index in [2.05, 4.69) is 0 Å². The van der Waals surface area contributed by atoms with E-state index in [1.807, 2.05) is 0 Å². The molecule has 0 unspecified atom stereocenters. The highest BCUT2D eigenvalue weighted by Gasteiger charge is 1.99. The molecule has 0 fully saturated rings. The first-order valence-corrected chi connectivity index (χ1v) is 3.06. The third kappa shape index (κ3) is 23.7. The third-order valence-corrected chi connectivity index (χ3v) is 0.781. The summed E-state index contributed by atoms with van der Waals surface area (Å²) in [5.74, 6) is -1.90. The summed E-state index contributed by atoms with van der Waals surface area (Å²) in [6.45, 7) is -0.250. The average Bonchev–Trinajstić information content (AvgIpc) is 1.87. The molecule has 3 N–H and O–H groups in total. The smallest absolute Gasteiger partial charge is 0.303 e. The second kappa shape index (κ2) is 9.41. The zero-order valence-electron chi connectivity index (χ0n) is 6.27. The molecular formula is C6H10O6. The largest absolute Gasteiger partial charge is 0.483 e. The van der Waals surface area contributed by atoms with Gasteiger partial charge in [0.2, 0.25) is 0 Å². The van der Waals surface area contributed by atoms with E-state index in [9.17, 15) is 9.59 Å². The molecule has 0 saturated heterocycles. The van der Waals surface area contributed by atoms with Crippen LogP contribution in [0, 0.1) is 0 Å². The Labute approximate surface area is 68.4 Å². The van der Waals surface area contributed by atoms with E-state index in [-0.39, 0.29) is 25.7 Å². The Kier molecular flexibility index (Phi) is 10.2. The number of aliphatic carboxylic acids is 2. The monoisotopic (exact) mass is 178 g/mol.